The number of hydrogen-bond donors (Lipinski definition) is 1. The molecule has 2 aromatic rings. The Morgan fingerprint density at radius 1 is 1.28 bits per heavy atom. The van der Waals surface area contributed by atoms with E-state index in [1.807, 2.05) is 31.2 Å². The summed E-state index contributed by atoms with van der Waals surface area (Å²) in [6.45, 7) is 4.23. The standard InChI is InChI=1S/C19H25N5O/c1-13(16-4-3-5-18(10-16)23-12-20-11-21-23)22-19(25)24(17-8-9-17)14(2)15-6-7-15/h3-5,10-15,17H,6-9H2,1-2H3,(H,22,25)/t13-,14-/m1/s1. The maximum Gasteiger partial charge on any atom is 0.318 e. The number of aromatic nitrogens is 3. The second-order valence-corrected chi connectivity index (χ2v) is 7.32. The zero-order valence-electron chi connectivity index (χ0n) is 14.8. The lowest BCUT2D eigenvalue weighted by Gasteiger charge is -2.31. The van der Waals surface area contributed by atoms with Gasteiger partial charge in [-0.1, -0.05) is 12.1 Å². The summed E-state index contributed by atoms with van der Waals surface area (Å²) >= 11 is 0. The summed E-state index contributed by atoms with van der Waals surface area (Å²) in [6, 6.07) is 8.86. The van der Waals surface area contributed by atoms with Gasteiger partial charge in [0.15, 0.2) is 0 Å². The van der Waals surface area contributed by atoms with E-state index in [0.29, 0.717) is 18.0 Å². The van der Waals surface area contributed by atoms with Gasteiger partial charge in [-0.05, 0) is 63.1 Å². The fraction of sp³-hybridized carbons (Fsp3) is 0.526. The van der Waals surface area contributed by atoms with Crippen molar-refractivity contribution in [2.45, 2.75) is 57.7 Å². The van der Waals surface area contributed by atoms with E-state index >= 15 is 0 Å². The first-order valence-electron chi connectivity index (χ1n) is 9.17. The predicted molar refractivity (Wildman–Crippen MR) is 95.4 cm³/mol. The Kier molecular flexibility index (Phi) is 4.19. The molecular weight excluding hydrogens is 314 g/mol. The Bertz CT molecular complexity index is 736. The Labute approximate surface area is 148 Å². The van der Waals surface area contributed by atoms with Crippen LogP contribution in [0.4, 0.5) is 4.79 Å². The van der Waals surface area contributed by atoms with E-state index in [1.54, 1.807) is 11.0 Å². The Morgan fingerprint density at radius 2 is 2.08 bits per heavy atom. The van der Waals surface area contributed by atoms with Gasteiger partial charge in [-0.3, -0.25) is 0 Å². The van der Waals surface area contributed by atoms with Crippen LogP contribution in [0.5, 0.6) is 0 Å². The van der Waals surface area contributed by atoms with Crippen molar-refractivity contribution in [2.75, 3.05) is 0 Å². The fourth-order valence-electron chi connectivity index (χ4n) is 3.46. The van der Waals surface area contributed by atoms with Crippen LogP contribution in [-0.2, 0) is 0 Å². The van der Waals surface area contributed by atoms with Crippen LogP contribution in [0.1, 0.15) is 51.1 Å². The van der Waals surface area contributed by atoms with Crippen LogP contribution in [0.25, 0.3) is 5.69 Å². The van der Waals surface area contributed by atoms with Crippen molar-refractivity contribution >= 4 is 6.03 Å². The molecule has 2 aliphatic carbocycles. The zero-order valence-corrected chi connectivity index (χ0v) is 14.8. The third kappa shape index (κ3) is 3.52. The van der Waals surface area contributed by atoms with E-state index in [0.717, 1.165) is 24.1 Å². The minimum Gasteiger partial charge on any atom is -0.331 e. The summed E-state index contributed by atoms with van der Waals surface area (Å²) in [5, 5.41) is 7.36. The zero-order chi connectivity index (χ0) is 17.4. The molecule has 0 saturated heterocycles. The van der Waals surface area contributed by atoms with Gasteiger partial charge in [0.2, 0.25) is 0 Å². The Hall–Kier alpha value is -2.37. The summed E-state index contributed by atoms with van der Waals surface area (Å²) in [4.78, 5) is 19.0. The van der Waals surface area contributed by atoms with Crippen molar-refractivity contribution < 1.29 is 4.79 Å². The molecule has 2 amide bonds. The topological polar surface area (TPSA) is 63.1 Å². The number of nitrogens with zero attached hydrogens (tertiary/aromatic N) is 4. The van der Waals surface area contributed by atoms with Gasteiger partial charge in [-0.15, -0.1) is 0 Å². The van der Waals surface area contributed by atoms with Crippen LogP contribution in [-0.4, -0.2) is 37.8 Å². The van der Waals surface area contributed by atoms with Crippen molar-refractivity contribution in [3.63, 3.8) is 0 Å². The summed E-state index contributed by atoms with van der Waals surface area (Å²) in [6.07, 6.45) is 7.99. The third-order valence-electron chi connectivity index (χ3n) is 5.31. The molecule has 132 valence electrons. The number of benzene rings is 1. The second-order valence-electron chi connectivity index (χ2n) is 7.32. The first-order chi connectivity index (χ1) is 12.1. The number of carbonyl (C=O) groups excluding carboxylic acids is 1. The highest BCUT2D eigenvalue weighted by Crippen LogP contribution is 2.39. The molecule has 0 bridgehead atoms. The van der Waals surface area contributed by atoms with E-state index < -0.39 is 0 Å². The van der Waals surface area contributed by atoms with E-state index in [-0.39, 0.29) is 12.1 Å². The molecule has 6 heteroatoms. The molecule has 1 N–H and O–H groups in total. The summed E-state index contributed by atoms with van der Waals surface area (Å²) in [7, 11) is 0. The van der Waals surface area contributed by atoms with Crippen LogP contribution in [0.15, 0.2) is 36.9 Å². The van der Waals surface area contributed by atoms with Crippen molar-refractivity contribution in [1.82, 2.24) is 25.0 Å². The molecule has 25 heavy (non-hydrogen) atoms. The lowest BCUT2D eigenvalue weighted by atomic mass is 10.1. The summed E-state index contributed by atoms with van der Waals surface area (Å²) in [5.74, 6) is 0.692. The number of urea groups is 1. The average molecular weight is 339 g/mol. The number of amides is 2. The Morgan fingerprint density at radius 3 is 2.72 bits per heavy atom. The van der Waals surface area contributed by atoms with Crippen LogP contribution >= 0.6 is 0 Å². The van der Waals surface area contributed by atoms with Crippen LogP contribution in [0.2, 0.25) is 0 Å². The summed E-state index contributed by atoms with van der Waals surface area (Å²) in [5.41, 5.74) is 2.01. The van der Waals surface area contributed by atoms with E-state index in [2.05, 4.69) is 27.2 Å². The van der Waals surface area contributed by atoms with Crippen LogP contribution in [0, 0.1) is 5.92 Å². The molecule has 0 spiro atoms. The van der Waals surface area contributed by atoms with Gasteiger partial charge in [-0.25, -0.2) is 14.5 Å². The minimum absolute atomic E-state index is 0.0522. The van der Waals surface area contributed by atoms with E-state index in [9.17, 15) is 4.79 Å². The third-order valence-corrected chi connectivity index (χ3v) is 5.31. The smallest absolute Gasteiger partial charge is 0.318 e. The van der Waals surface area contributed by atoms with Gasteiger partial charge in [0, 0.05) is 12.1 Å². The molecule has 0 aliphatic heterocycles. The van der Waals surface area contributed by atoms with Crippen LogP contribution in [0.3, 0.4) is 0 Å². The molecule has 2 aliphatic rings. The lowest BCUT2D eigenvalue weighted by molar-refractivity contribution is 0.164. The maximum absolute atomic E-state index is 12.9. The minimum atomic E-state index is -0.0522. The molecule has 2 saturated carbocycles. The van der Waals surface area contributed by atoms with Gasteiger partial charge in [0.1, 0.15) is 12.7 Å². The molecule has 2 atom stereocenters. The number of nitrogens with one attached hydrogen (secondary N) is 1. The first-order valence-corrected chi connectivity index (χ1v) is 9.17. The average Bonchev–Trinajstić information content (AvgIpc) is 3.54. The van der Waals surface area contributed by atoms with Crippen LogP contribution < -0.4 is 5.32 Å². The fourth-order valence-corrected chi connectivity index (χ4v) is 3.46. The predicted octanol–water partition coefficient (Wildman–Crippen LogP) is 3.30. The highest BCUT2D eigenvalue weighted by Gasteiger charge is 2.41. The van der Waals surface area contributed by atoms with Crippen molar-refractivity contribution in [1.29, 1.82) is 0 Å². The molecule has 1 aromatic heterocycles. The highest BCUT2D eigenvalue weighted by atomic mass is 16.2. The molecule has 1 aromatic carbocycles. The van der Waals surface area contributed by atoms with Crippen molar-refractivity contribution in [3.05, 3.63) is 42.5 Å². The number of hydrogen-bond acceptors (Lipinski definition) is 3. The molecule has 1 heterocycles. The van der Waals surface area contributed by atoms with Gasteiger partial charge in [0.25, 0.3) is 0 Å². The molecule has 2 fully saturated rings. The molecular formula is C19H25N5O. The van der Waals surface area contributed by atoms with Gasteiger partial charge < -0.3 is 10.2 Å². The molecule has 0 radical (unpaired) electrons. The first kappa shape index (κ1) is 16.1. The second kappa shape index (κ2) is 6.50. The van der Waals surface area contributed by atoms with E-state index in [1.165, 1.54) is 19.2 Å². The molecule has 0 unspecified atom stereocenters. The Balaban J connectivity index is 1.46. The van der Waals surface area contributed by atoms with Crippen molar-refractivity contribution in [3.8, 4) is 5.69 Å². The lowest BCUT2D eigenvalue weighted by Crippen LogP contribution is -2.47. The highest BCUT2D eigenvalue weighted by molar-refractivity contribution is 5.76. The quantitative estimate of drug-likeness (QED) is 0.878. The molecule has 4 rings (SSSR count). The monoisotopic (exact) mass is 339 g/mol. The van der Waals surface area contributed by atoms with Gasteiger partial charge >= 0.3 is 6.03 Å². The number of carbonyl (C=O) groups is 1. The SMILES string of the molecule is C[C@H](C1CC1)N(C(=O)N[C@H](C)c1cccc(-n2cncn2)c1)C1CC1. The maximum atomic E-state index is 12.9. The van der Waals surface area contributed by atoms with Gasteiger partial charge in [-0.2, -0.15) is 5.10 Å². The normalized spacial score (nSPS) is 19.3. The van der Waals surface area contributed by atoms with Gasteiger partial charge in [0.05, 0.1) is 11.7 Å². The summed E-state index contributed by atoms with van der Waals surface area (Å²) < 4.78 is 1.73. The largest absolute Gasteiger partial charge is 0.331 e. The van der Waals surface area contributed by atoms with E-state index in [4.69, 9.17) is 0 Å². The number of rotatable bonds is 6. The van der Waals surface area contributed by atoms with Crippen molar-refractivity contribution in [2.24, 2.45) is 5.92 Å². The molecule has 6 nitrogen and oxygen atoms in total.